The molecule has 0 saturated carbocycles. The number of rotatable bonds is 2. The molecule has 0 fully saturated rings. The van der Waals surface area contributed by atoms with Gasteiger partial charge in [-0.1, -0.05) is 29.3 Å². The summed E-state index contributed by atoms with van der Waals surface area (Å²) in [4.78, 5) is 15.7. The highest BCUT2D eigenvalue weighted by molar-refractivity contribution is 6.36. The van der Waals surface area contributed by atoms with Crippen LogP contribution in [0.15, 0.2) is 24.4 Å². The highest BCUT2D eigenvalue weighted by Gasteiger charge is 2.24. The zero-order chi connectivity index (χ0) is 16.7. The highest BCUT2D eigenvalue weighted by atomic mass is 35.5. The summed E-state index contributed by atoms with van der Waals surface area (Å²) in [7, 11) is 1.20. The van der Waals surface area contributed by atoms with Gasteiger partial charge in [0.1, 0.15) is 16.5 Å². The normalized spacial score (nSPS) is 11.0. The molecule has 1 N–H and O–H groups in total. The van der Waals surface area contributed by atoms with Gasteiger partial charge in [-0.2, -0.15) is 9.61 Å². The summed E-state index contributed by atoms with van der Waals surface area (Å²) >= 11 is 12.1. The summed E-state index contributed by atoms with van der Waals surface area (Å²) in [6, 6.07) is 4.04. The van der Waals surface area contributed by atoms with Crippen molar-refractivity contribution < 1.29 is 19.0 Å². The minimum absolute atomic E-state index is 0.0101. The van der Waals surface area contributed by atoms with E-state index in [9.17, 15) is 14.3 Å². The van der Waals surface area contributed by atoms with Crippen LogP contribution in [0.5, 0.6) is 5.88 Å². The number of carbonyl (C=O) groups excluding carboxylic acids is 1. The highest BCUT2D eigenvalue weighted by Crippen LogP contribution is 2.40. The van der Waals surface area contributed by atoms with E-state index in [4.69, 9.17) is 23.2 Å². The zero-order valence-corrected chi connectivity index (χ0v) is 13.1. The van der Waals surface area contributed by atoms with Crippen LogP contribution in [-0.2, 0) is 4.74 Å². The number of methoxy groups -OCH3 is 1. The Morgan fingerprint density at radius 2 is 2.09 bits per heavy atom. The second-order valence-electron chi connectivity index (χ2n) is 4.48. The first-order valence-electron chi connectivity index (χ1n) is 6.24. The van der Waals surface area contributed by atoms with E-state index in [1.807, 2.05) is 0 Å². The molecule has 3 aromatic rings. The van der Waals surface area contributed by atoms with E-state index in [2.05, 4.69) is 14.8 Å². The number of aromatic nitrogens is 3. The average Bonchev–Trinajstić information content (AvgIpc) is 2.93. The third kappa shape index (κ3) is 2.38. The number of hydrogen-bond acceptors (Lipinski definition) is 5. The number of fused-ring (bicyclic) bond motifs is 1. The van der Waals surface area contributed by atoms with E-state index < -0.39 is 17.7 Å². The summed E-state index contributed by atoms with van der Waals surface area (Å²) < 4.78 is 19.7. The molecule has 118 valence electrons. The van der Waals surface area contributed by atoms with Crippen molar-refractivity contribution in [3.8, 4) is 17.0 Å². The van der Waals surface area contributed by atoms with Crippen LogP contribution in [0.25, 0.3) is 16.8 Å². The van der Waals surface area contributed by atoms with Gasteiger partial charge in [0.25, 0.3) is 0 Å². The van der Waals surface area contributed by atoms with Crippen LogP contribution in [0.1, 0.15) is 10.4 Å². The Hall–Kier alpha value is -2.38. The first kappa shape index (κ1) is 15.5. The molecule has 0 amide bonds. The maximum atomic E-state index is 14.1. The van der Waals surface area contributed by atoms with Gasteiger partial charge in [-0.15, -0.1) is 0 Å². The third-order valence-corrected chi connectivity index (χ3v) is 3.78. The second kappa shape index (κ2) is 5.68. The summed E-state index contributed by atoms with van der Waals surface area (Å²) in [6.45, 7) is 0. The molecular formula is C14H8Cl2FN3O3. The molecule has 2 heterocycles. The third-order valence-electron chi connectivity index (χ3n) is 3.20. The topological polar surface area (TPSA) is 76.7 Å². The lowest BCUT2D eigenvalue weighted by Crippen LogP contribution is -2.03. The fourth-order valence-corrected chi connectivity index (χ4v) is 2.67. The van der Waals surface area contributed by atoms with Crippen molar-refractivity contribution in [1.82, 2.24) is 14.6 Å². The quantitative estimate of drug-likeness (QED) is 0.563. The number of halogens is 3. The molecule has 1 aromatic carbocycles. The maximum Gasteiger partial charge on any atom is 0.343 e. The zero-order valence-electron chi connectivity index (χ0n) is 11.5. The number of hydrogen-bond donors (Lipinski definition) is 1. The molecule has 0 unspecified atom stereocenters. The lowest BCUT2D eigenvalue weighted by molar-refractivity contribution is 0.0602. The Bertz CT molecular complexity index is 922. The lowest BCUT2D eigenvalue weighted by atomic mass is 10.1. The maximum absolute atomic E-state index is 14.1. The average molecular weight is 356 g/mol. The second-order valence-corrected chi connectivity index (χ2v) is 5.25. The number of esters is 1. The van der Waals surface area contributed by atoms with Gasteiger partial charge in [-0.3, -0.25) is 0 Å². The van der Waals surface area contributed by atoms with Crippen LogP contribution in [0.2, 0.25) is 10.2 Å². The molecule has 0 aliphatic carbocycles. The predicted octanol–water partition coefficient (Wildman–Crippen LogP) is 3.33. The van der Waals surface area contributed by atoms with Crippen LogP contribution in [-0.4, -0.2) is 32.8 Å². The van der Waals surface area contributed by atoms with Crippen molar-refractivity contribution in [1.29, 1.82) is 0 Å². The number of carbonyl (C=O) groups is 1. The van der Waals surface area contributed by atoms with Gasteiger partial charge in [0.05, 0.1) is 23.9 Å². The van der Waals surface area contributed by atoms with E-state index in [0.717, 1.165) is 10.7 Å². The van der Waals surface area contributed by atoms with Crippen LogP contribution in [0, 0.1) is 5.82 Å². The van der Waals surface area contributed by atoms with Gasteiger partial charge in [-0.25, -0.2) is 14.2 Å². The Morgan fingerprint density at radius 3 is 2.74 bits per heavy atom. The molecule has 23 heavy (non-hydrogen) atoms. The van der Waals surface area contributed by atoms with Crippen molar-refractivity contribution in [2.24, 2.45) is 0 Å². The summed E-state index contributed by atoms with van der Waals surface area (Å²) in [5.41, 5.74) is -0.241. The summed E-state index contributed by atoms with van der Waals surface area (Å²) in [5, 5.41) is 14.1. The van der Waals surface area contributed by atoms with Crippen molar-refractivity contribution in [3.05, 3.63) is 46.0 Å². The first-order chi connectivity index (χ1) is 11.0. The van der Waals surface area contributed by atoms with Crippen LogP contribution < -0.4 is 0 Å². The number of nitrogens with zero attached hydrogens (tertiary/aromatic N) is 3. The summed E-state index contributed by atoms with van der Waals surface area (Å²) in [6.07, 6.45) is 1.16. The number of aromatic hydroxyl groups is 1. The van der Waals surface area contributed by atoms with Crippen LogP contribution >= 0.6 is 23.2 Å². The van der Waals surface area contributed by atoms with Crippen molar-refractivity contribution in [3.63, 3.8) is 0 Å². The smallest absolute Gasteiger partial charge is 0.343 e. The van der Waals surface area contributed by atoms with E-state index in [1.165, 1.54) is 25.3 Å². The number of ether oxygens (including phenoxy) is 1. The van der Waals surface area contributed by atoms with Crippen LogP contribution in [0.3, 0.4) is 0 Å². The van der Waals surface area contributed by atoms with Crippen molar-refractivity contribution >= 4 is 34.8 Å². The molecule has 0 bridgehead atoms. The Balaban J connectivity index is 2.35. The van der Waals surface area contributed by atoms with E-state index >= 15 is 0 Å². The Kier molecular flexibility index (Phi) is 3.83. The van der Waals surface area contributed by atoms with Gasteiger partial charge >= 0.3 is 5.97 Å². The Morgan fingerprint density at radius 1 is 1.35 bits per heavy atom. The molecule has 3 rings (SSSR count). The number of benzene rings is 1. The standard InChI is InChI=1S/C14H8Cl2FN3O3/c1-23-14(22)6-5-18-20-12(6)19-11(16)10(13(20)21)9-7(15)3-2-4-8(9)17/h2-5,21H,1H3. The summed E-state index contributed by atoms with van der Waals surface area (Å²) in [5.74, 6) is -1.88. The van der Waals surface area contributed by atoms with Gasteiger partial charge in [0.2, 0.25) is 5.88 Å². The molecule has 0 saturated heterocycles. The van der Waals surface area contributed by atoms with E-state index in [-0.39, 0.29) is 32.5 Å². The van der Waals surface area contributed by atoms with Gasteiger partial charge in [0, 0.05) is 5.56 Å². The Labute approximate surface area is 139 Å². The van der Waals surface area contributed by atoms with E-state index in [0.29, 0.717) is 0 Å². The molecule has 0 aliphatic heterocycles. The molecular weight excluding hydrogens is 348 g/mol. The fraction of sp³-hybridized carbons (Fsp3) is 0.0714. The minimum Gasteiger partial charge on any atom is -0.493 e. The van der Waals surface area contributed by atoms with E-state index in [1.54, 1.807) is 0 Å². The first-order valence-corrected chi connectivity index (χ1v) is 7.00. The molecule has 0 radical (unpaired) electrons. The molecule has 2 aromatic heterocycles. The van der Waals surface area contributed by atoms with Crippen molar-refractivity contribution in [2.45, 2.75) is 0 Å². The SMILES string of the molecule is COC(=O)c1cnn2c(O)c(-c3c(F)cccc3Cl)c(Cl)nc12. The van der Waals surface area contributed by atoms with Gasteiger partial charge in [0.15, 0.2) is 5.65 Å². The predicted molar refractivity (Wildman–Crippen MR) is 81.4 cm³/mol. The van der Waals surface area contributed by atoms with Crippen LogP contribution in [0.4, 0.5) is 4.39 Å². The molecule has 0 atom stereocenters. The van der Waals surface area contributed by atoms with Gasteiger partial charge < -0.3 is 9.84 Å². The molecule has 0 spiro atoms. The monoisotopic (exact) mass is 355 g/mol. The molecule has 6 nitrogen and oxygen atoms in total. The largest absolute Gasteiger partial charge is 0.493 e. The molecule has 0 aliphatic rings. The fourth-order valence-electron chi connectivity index (χ4n) is 2.16. The van der Waals surface area contributed by atoms with Crippen molar-refractivity contribution in [2.75, 3.05) is 7.11 Å². The molecule has 9 heteroatoms. The van der Waals surface area contributed by atoms with Gasteiger partial charge in [-0.05, 0) is 12.1 Å². The minimum atomic E-state index is -0.695. The lowest BCUT2D eigenvalue weighted by Gasteiger charge is -2.11.